The second kappa shape index (κ2) is 6.90. The fourth-order valence-corrected chi connectivity index (χ4v) is 2.55. The maximum atomic E-state index is 5.30. The molecule has 2 heteroatoms. The molecule has 1 aromatic carbocycles. The van der Waals surface area contributed by atoms with Crippen LogP contribution >= 0.6 is 0 Å². The summed E-state index contributed by atoms with van der Waals surface area (Å²) in [6.07, 6.45) is 1.79. The standard InChI is InChI=1S/C11H14OSe/c1-2-8-12-9-10-13-11-6-4-3-5-7-11/h2-7H,1,8-10H2. The van der Waals surface area contributed by atoms with E-state index in [4.69, 9.17) is 4.74 Å². The molecule has 0 saturated carbocycles. The van der Waals surface area contributed by atoms with Gasteiger partial charge in [0.15, 0.2) is 0 Å². The molecule has 0 bridgehead atoms. The molecule has 0 spiro atoms. The molecule has 0 radical (unpaired) electrons. The van der Waals surface area contributed by atoms with E-state index in [-0.39, 0.29) is 0 Å². The third-order valence-corrected chi connectivity index (χ3v) is 3.52. The molecule has 1 rings (SSSR count). The van der Waals surface area contributed by atoms with Crippen LogP contribution in [0.1, 0.15) is 0 Å². The fraction of sp³-hybridized carbons (Fsp3) is 0.273. The van der Waals surface area contributed by atoms with E-state index in [1.165, 1.54) is 4.46 Å². The summed E-state index contributed by atoms with van der Waals surface area (Å²) in [6.45, 7) is 5.12. The molecule has 0 heterocycles. The Morgan fingerprint density at radius 3 is 2.77 bits per heavy atom. The van der Waals surface area contributed by atoms with Gasteiger partial charge in [0.2, 0.25) is 0 Å². The van der Waals surface area contributed by atoms with E-state index in [0.29, 0.717) is 21.6 Å². The number of benzene rings is 1. The molecule has 1 nitrogen and oxygen atoms in total. The van der Waals surface area contributed by atoms with Crippen molar-refractivity contribution in [3.8, 4) is 0 Å². The van der Waals surface area contributed by atoms with Gasteiger partial charge in [-0.25, -0.2) is 0 Å². The van der Waals surface area contributed by atoms with Crippen molar-refractivity contribution >= 4 is 19.4 Å². The summed E-state index contributed by atoms with van der Waals surface area (Å²) in [4.78, 5) is 0. The van der Waals surface area contributed by atoms with Crippen molar-refractivity contribution in [1.29, 1.82) is 0 Å². The van der Waals surface area contributed by atoms with Gasteiger partial charge in [0, 0.05) is 0 Å². The van der Waals surface area contributed by atoms with Crippen LogP contribution in [0.5, 0.6) is 0 Å². The van der Waals surface area contributed by atoms with Gasteiger partial charge in [-0.2, -0.15) is 0 Å². The number of ether oxygens (including phenoxy) is 1. The molecule has 13 heavy (non-hydrogen) atoms. The molecule has 0 atom stereocenters. The third-order valence-electron chi connectivity index (χ3n) is 1.48. The van der Waals surface area contributed by atoms with Crippen LogP contribution in [0.25, 0.3) is 0 Å². The van der Waals surface area contributed by atoms with Gasteiger partial charge in [-0.3, -0.25) is 0 Å². The van der Waals surface area contributed by atoms with Crippen LogP contribution in [-0.2, 0) is 4.74 Å². The van der Waals surface area contributed by atoms with E-state index in [1.807, 2.05) is 6.07 Å². The second-order valence-electron chi connectivity index (χ2n) is 2.53. The molecule has 70 valence electrons. The second-order valence-corrected chi connectivity index (χ2v) is 4.98. The topological polar surface area (TPSA) is 9.23 Å². The average Bonchev–Trinajstić information content (AvgIpc) is 2.19. The van der Waals surface area contributed by atoms with Gasteiger partial charge in [-0.1, -0.05) is 0 Å². The van der Waals surface area contributed by atoms with Gasteiger partial charge in [-0.15, -0.1) is 0 Å². The Morgan fingerprint density at radius 1 is 1.31 bits per heavy atom. The monoisotopic (exact) mass is 242 g/mol. The van der Waals surface area contributed by atoms with E-state index < -0.39 is 0 Å². The molecule has 0 N–H and O–H groups in total. The molecule has 0 aliphatic carbocycles. The minimum atomic E-state index is 0.558. The van der Waals surface area contributed by atoms with Crippen LogP contribution in [0.2, 0.25) is 5.32 Å². The van der Waals surface area contributed by atoms with Gasteiger partial charge < -0.3 is 0 Å². The number of hydrogen-bond acceptors (Lipinski definition) is 1. The zero-order valence-electron chi connectivity index (χ0n) is 7.61. The quantitative estimate of drug-likeness (QED) is 0.418. The first-order valence-electron chi connectivity index (χ1n) is 4.30. The summed E-state index contributed by atoms with van der Waals surface area (Å²) >= 11 is 0.558. The summed E-state index contributed by atoms with van der Waals surface area (Å²) in [5.74, 6) is 0. The summed E-state index contributed by atoms with van der Waals surface area (Å²) in [5.41, 5.74) is 0. The Hall–Kier alpha value is -0.561. The molecule has 0 aliphatic rings. The molecular weight excluding hydrogens is 227 g/mol. The van der Waals surface area contributed by atoms with Crippen LogP contribution in [0.3, 0.4) is 0 Å². The van der Waals surface area contributed by atoms with Crippen molar-refractivity contribution in [3.05, 3.63) is 43.0 Å². The van der Waals surface area contributed by atoms with Crippen molar-refractivity contribution in [2.45, 2.75) is 5.32 Å². The van der Waals surface area contributed by atoms with Crippen molar-refractivity contribution in [2.24, 2.45) is 0 Å². The zero-order chi connectivity index (χ0) is 9.36. The minimum absolute atomic E-state index is 0.558. The maximum absolute atomic E-state index is 5.30. The first-order chi connectivity index (χ1) is 6.43. The van der Waals surface area contributed by atoms with E-state index in [1.54, 1.807) is 6.08 Å². The normalized spacial score (nSPS) is 9.85. The van der Waals surface area contributed by atoms with Crippen LogP contribution < -0.4 is 4.46 Å². The van der Waals surface area contributed by atoms with Crippen molar-refractivity contribution in [2.75, 3.05) is 13.2 Å². The van der Waals surface area contributed by atoms with Gasteiger partial charge in [0.05, 0.1) is 0 Å². The molecule has 0 aliphatic heterocycles. The van der Waals surface area contributed by atoms with E-state index in [9.17, 15) is 0 Å². The molecule has 0 saturated heterocycles. The van der Waals surface area contributed by atoms with Crippen LogP contribution in [0.4, 0.5) is 0 Å². The Kier molecular flexibility index (Phi) is 5.59. The van der Waals surface area contributed by atoms with Gasteiger partial charge in [0.25, 0.3) is 0 Å². The van der Waals surface area contributed by atoms with Gasteiger partial charge in [0.1, 0.15) is 0 Å². The van der Waals surface area contributed by atoms with E-state index in [2.05, 4.69) is 30.8 Å². The molecular formula is C11H14OSe. The Morgan fingerprint density at radius 2 is 2.08 bits per heavy atom. The van der Waals surface area contributed by atoms with E-state index in [0.717, 1.165) is 11.9 Å². The Bertz CT molecular complexity index is 233. The average molecular weight is 241 g/mol. The molecule has 0 aromatic heterocycles. The summed E-state index contributed by atoms with van der Waals surface area (Å²) in [5, 5.41) is 1.14. The SMILES string of the molecule is C=CCOCC[Se]c1ccccc1. The van der Waals surface area contributed by atoms with Crippen LogP contribution in [0.15, 0.2) is 43.0 Å². The Labute approximate surface area is 86.0 Å². The molecule has 0 unspecified atom stereocenters. The predicted octanol–water partition coefficient (Wildman–Crippen LogP) is 1.64. The molecule has 1 aromatic rings. The summed E-state index contributed by atoms with van der Waals surface area (Å²) in [7, 11) is 0. The molecule has 0 fully saturated rings. The zero-order valence-corrected chi connectivity index (χ0v) is 9.32. The third kappa shape index (κ3) is 4.89. The molecule has 0 amide bonds. The first-order valence-corrected chi connectivity index (χ1v) is 6.37. The summed E-state index contributed by atoms with van der Waals surface area (Å²) < 4.78 is 6.74. The first kappa shape index (κ1) is 10.5. The number of hydrogen-bond donors (Lipinski definition) is 0. The van der Waals surface area contributed by atoms with E-state index >= 15 is 0 Å². The Balaban J connectivity index is 2.10. The van der Waals surface area contributed by atoms with Crippen LogP contribution in [-0.4, -0.2) is 28.2 Å². The van der Waals surface area contributed by atoms with Crippen molar-refractivity contribution in [3.63, 3.8) is 0 Å². The van der Waals surface area contributed by atoms with Gasteiger partial charge >= 0.3 is 85.7 Å². The predicted molar refractivity (Wildman–Crippen MR) is 57.7 cm³/mol. The summed E-state index contributed by atoms with van der Waals surface area (Å²) in [6, 6.07) is 10.6. The number of rotatable bonds is 6. The fourth-order valence-electron chi connectivity index (χ4n) is 0.902. The van der Waals surface area contributed by atoms with Gasteiger partial charge in [-0.05, 0) is 0 Å². The van der Waals surface area contributed by atoms with Crippen molar-refractivity contribution < 1.29 is 4.74 Å². The van der Waals surface area contributed by atoms with Crippen molar-refractivity contribution in [1.82, 2.24) is 0 Å². The van der Waals surface area contributed by atoms with Crippen LogP contribution in [0, 0.1) is 0 Å².